The molecule has 1 aliphatic rings. The van der Waals surface area contributed by atoms with Crippen LogP contribution in [0.2, 0.25) is 0 Å². The van der Waals surface area contributed by atoms with E-state index in [1.165, 1.54) is 38.5 Å². The molecule has 0 aliphatic heterocycles. The van der Waals surface area contributed by atoms with Gasteiger partial charge >= 0.3 is 0 Å². The molecule has 0 saturated heterocycles. The summed E-state index contributed by atoms with van der Waals surface area (Å²) >= 11 is 0. The van der Waals surface area contributed by atoms with E-state index in [1.54, 1.807) is 0 Å². The topological polar surface area (TPSA) is 42.7 Å². The van der Waals surface area contributed by atoms with Crippen LogP contribution in [0.25, 0.3) is 5.82 Å². The van der Waals surface area contributed by atoms with Crippen LogP contribution in [-0.2, 0) is 0 Å². The zero-order valence-electron chi connectivity index (χ0n) is 12.0. The molecule has 3 rings (SSSR count). The number of aromatic nitrogens is 3. The maximum absolute atomic E-state index is 4.53. The monoisotopic (exact) mass is 270 g/mol. The molecule has 2 aromatic heterocycles. The lowest BCUT2D eigenvalue weighted by Gasteiger charge is -2.20. The van der Waals surface area contributed by atoms with Gasteiger partial charge in [0.2, 0.25) is 0 Å². The van der Waals surface area contributed by atoms with Crippen molar-refractivity contribution >= 4 is 5.69 Å². The van der Waals surface area contributed by atoms with Crippen molar-refractivity contribution in [2.75, 3.05) is 5.32 Å². The third-order valence-corrected chi connectivity index (χ3v) is 4.06. The fourth-order valence-electron chi connectivity index (χ4n) is 2.95. The normalized spacial score (nSPS) is 16.9. The van der Waals surface area contributed by atoms with Crippen LogP contribution in [0.4, 0.5) is 5.69 Å². The van der Waals surface area contributed by atoms with Gasteiger partial charge in [0, 0.05) is 24.6 Å². The van der Waals surface area contributed by atoms with Gasteiger partial charge in [0.25, 0.3) is 0 Å². The second-order valence-corrected chi connectivity index (χ2v) is 5.55. The smallest absolute Gasteiger partial charge is 0.161 e. The van der Waals surface area contributed by atoms with E-state index < -0.39 is 0 Å². The molecule has 2 heterocycles. The Balaban J connectivity index is 1.84. The summed E-state index contributed by atoms with van der Waals surface area (Å²) in [5.74, 6) is 1.92. The van der Waals surface area contributed by atoms with Gasteiger partial charge in [-0.05, 0) is 31.9 Å². The van der Waals surface area contributed by atoms with Crippen molar-refractivity contribution in [2.45, 2.75) is 51.5 Å². The molecule has 2 aromatic rings. The lowest BCUT2D eigenvalue weighted by Crippen LogP contribution is -2.20. The Morgan fingerprint density at radius 2 is 1.90 bits per heavy atom. The first kappa shape index (κ1) is 13.2. The van der Waals surface area contributed by atoms with E-state index in [0.29, 0.717) is 6.04 Å². The summed E-state index contributed by atoms with van der Waals surface area (Å²) in [6.07, 6.45) is 13.6. The van der Waals surface area contributed by atoms with E-state index in [9.17, 15) is 0 Å². The summed E-state index contributed by atoms with van der Waals surface area (Å²) in [6, 6.07) is 4.69. The largest absolute Gasteiger partial charge is 0.379 e. The number of nitrogens with one attached hydrogen (secondary N) is 1. The summed E-state index contributed by atoms with van der Waals surface area (Å²) in [5.41, 5.74) is 1.11. The van der Waals surface area contributed by atoms with Gasteiger partial charge in [0.15, 0.2) is 5.82 Å². The molecule has 1 aliphatic carbocycles. The van der Waals surface area contributed by atoms with Gasteiger partial charge in [-0.2, -0.15) is 0 Å². The Kier molecular flexibility index (Phi) is 4.00. The maximum atomic E-state index is 4.53. The molecule has 0 aromatic carbocycles. The van der Waals surface area contributed by atoms with Crippen LogP contribution < -0.4 is 5.32 Å². The van der Waals surface area contributed by atoms with E-state index in [-0.39, 0.29) is 0 Å². The molecule has 4 heteroatoms. The predicted octanol–water partition coefficient (Wildman–Crippen LogP) is 3.71. The summed E-state index contributed by atoms with van der Waals surface area (Å²) in [6.45, 7) is 2.00. The maximum Gasteiger partial charge on any atom is 0.161 e. The number of aryl methyl sites for hydroxylation is 1. The summed E-state index contributed by atoms with van der Waals surface area (Å²) in [4.78, 5) is 8.82. The van der Waals surface area contributed by atoms with Crippen LogP contribution in [0.5, 0.6) is 0 Å². The van der Waals surface area contributed by atoms with Crippen LogP contribution in [-0.4, -0.2) is 20.6 Å². The van der Waals surface area contributed by atoms with Crippen LogP contribution in [0.15, 0.2) is 30.7 Å². The molecule has 1 N–H and O–H groups in total. The number of nitrogens with zero attached hydrogens (tertiary/aromatic N) is 3. The Labute approximate surface area is 120 Å². The van der Waals surface area contributed by atoms with Gasteiger partial charge in [-0.3, -0.25) is 4.57 Å². The molecule has 106 valence electrons. The Bertz CT molecular complexity index is 553. The minimum Gasteiger partial charge on any atom is -0.379 e. The number of hydrogen-bond donors (Lipinski definition) is 1. The molecular weight excluding hydrogens is 248 g/mol. The third kappa shape index (κ3) is 2.84. The first-order valence-electron chi connectivity index (χ1n) is 7.56. The van der Waals surface area contributed by atoms with Crippen LogP contribution in [0.3, 0.4) is 0 Å². The standard InChI is InChI=1S/C16H22N4/c1-13-17-11-12-20(13)16-15(9-6-10-18-16)19-14-7-4-2-3-5-8-14/h6,9-12,14,19H,2-5,7-8H2,1H3. The average Bonchev–Trinajstić information content (AvgIpc) is 2.73. The fraction of sp³-hybridized carbons (Fsp3) is 0.500. The van der Waals surface area contributed by atoms with Crippen molar-refractivity contribution in [3.8, 4) is 5.82 Å². The van der Waals surface area contributed by atoms with Gasteiger partial charge in [0.1, 0.15) is 5.82 Å². The number of pyridine rings is 1. The Morgan fingerprint density at radius 3 is 2.60 bits per heavy atom. The third-order valence-electron chi connectivity index (χ3n) is 4.06. The molecule has 0 radical (unpaired) electrons. The minimum absolute atomic E-state index is 0.573. The quantitative estimate of drug-likeness (QED) is 0.865. The number of anilines is 1. The van der Waals surface area contributed by atoms with Crippen molar-refractivity contribution in [2.24, 2.45) is 0 Å². The average molecular weight is 270 g/mol. The van der Waals surface area contributed by atoms with E-state index in [4.69, 9.17) is 0 Å². The summed E-state index contributed by atoms with van der Waals surface area (Å²) in [5, 5.41) is 3.69. The fourth-order valence-corrected chi connectivity index (χ4v) is 2.95. The van der Waals surface area contributed by atoms with E-state index in [2.05, 4.69) is 21.4 Å². The molecular formula is C16H22N4. The van der Waals surface area contributed by atoms with Gasteiger partial charge in [-0.25, -0.2) is 9.97 Å². The van der Waals surface area contributed by atoms with Crippen LogP contribution >= 0.6 is 0 Å². The first-order chi connectivity index (χ1) is 9.84. The number of imidazole rings is 1. The highest BCUT2D eigenvalue weighted by Gasteiger charge is 2.15. The molecule has 1 saturated carbocycles. The molecule has 0 amide bonds. The van der Waals surface area contributed by atoms with Gasteiger partial charge in [0.05, 0.1) is 5.69 Å². The Hall–Kier alpha value is -1.84. The van der Waals surface area contributed by atoms with Crippen LogP contribution in [0, 0.1) is 6.92 Å². The lowest BCUT2D eigenvalue weighted by atomic mass is 10.1. The number of hydrogen-bond acceptors (Lipinski definition) is 3. The van der Waals surface area contributed by atoms with Crippen molar-refractivity contribution in [1.82, 2.24) is 14.5 Å². The zero-order valence-corrected chi connectivity index (χ0v) is 12.0. The second-order valence-electron chi connectivity index (χ2n) is 5.55. The molecule has 0 spiro atoms. The van der Waals surface area contributed by atoms with E-state index >= 15 is 0 Å². The molecule has 20 heavy (non-hydrogen) atoms. The van der Waals surface area contributed by atoms with E-state index in [0.717, 1.165) is 17.3 Å². The highest BCUT2D eigenvalue weighted by atomic mass is 15.1. The predicted molar refractivity (Wildman–Crippen MR) is 81.2 cm³/mol. The summed E-state index contributed by atoms with van der Waals surface area (Å²) < 4.78 is 2.04. The minimum atomic E-state index is 0.573. The van der Waals surface area contributed by atoms with Crippen molar-refractivity contribution in [1.29, 1.82) is 0 Å². The molecule has 0 bridgehead atoms. The van der Waals surface area contributed by atoms with Crippen molar-refractivity contribution < 1.29 is 0 Å². The van der Waals surface area contributed by atoms with E-state index in [1.807, 2.05) is 36.1 Å². The number of rotatable bonds is 3. The van der Waals surface area contributed by atoms with Gasteiger partial charge < -0.3 is 5.32 Å². The molecule has 0 atom stereocenters. The first-order valence-corrected chi connectivity index (χ1v) is 7.56. The molecule has 0 unspecified atom stereocenters. The Morgan fingerprint density at radius 1 is 1.10 bits per heavy atom. The molecule has 1 fully saturated rings. The summed E-state index contributed by atoms with van der Waals surface area (Å²) in [7, 11) is 0. The van der Waals surface area contributed by atoms with Crippen LogP contribution in [0.1, 0.15) is 44.3 Å². The van der Waals surface area contributed by atoms with Gasteiger partial charge in [-0.15, -0.1) is 0 Å². The highest BCUT2D eigenvalue weighted by molar-refractivity contribution is 5.57. The zero-order chi connectivity index (χ0) is 13.8. The lowest BCUT2D eigenvalue weighted by molar-refractivity contribution is 0.619. The van der Waals surface area contributed by atoms with Crippen molar-refractivity contribution in [3.63, 3.8) is 0 Å². The molecule has 4 nitrogen and oxygen atoms in total. The highest BCUT2D eigenvalue weighted by Crippen LogP contribution is 2.24. The van der Waals surface area contributed by atoms with Crippen molar-refractivity contribution in [3.05, 3.63) is 36.5 Å². The van der Waals surface area contributed by atoms with Gasteiger partial charge in [-0.1, -0.05) is 25.7 Å². The SMILES string of the molecule is Cc1nccn1-c1ncccc1NC1CCCCCC1. The second kappa shape index (κ2) is 6.07.